The Balaban J connectivity index is 1.77. The highest BCUT2D eigenvalue weighted by Crippen LogP contribution is 2.21. The van der Waals surface area contributed by atoms with Crippen LogP contribution in [0.1, 0.15) is 50.5 Å². The number of hydrogen-bond donors (Lipinski definition) is 2. The number of aliphatic carboxylic acids is 1. The second-order valence-electron chi connectivity index (χ2n) is 7.04. The van der Waals surface area contributed by atoms with Gasteiger partial charge in [-0.05, 0) is 37.0 Å². The standard InChI is InChI=1S/C21H28ClNO4/c22-17-7-5-6-16(14-17)15-19(24)11-9-18-10-12-20(25)23(18)13-4-2-1-3-8-21(26)27/h5-7,9,11,14,18-19,24H,1-4,8,10,12-13,15H2,(H,26,27)/t18-,19?/m0/s1. The molecule has 2 N–H and O–H groups in total. The van der Waals surface area contributed by atoms with E-state index in [2.05, 4.69) is 0 Å². The molecule has 2 rings (SSSR count). The maximum absolute atomic E-state index is 12.1. The molecule has 1 heterocycles. The zero-order valence-corrected chi connectivity index (χ0v) is 16.3. The van der Waals surface area contributed by atoms with Gasteiger partial charge in [-0.15, -0.1) is 0 Å². The molecule has 0 saturated carbocycles. The number of aliphatic hydroxyl groups is 1. The van der Waals surface area contributed by atoms with Crippen LogP contribution in [0.3, 0.4) is 0 Å². The Hall–Kier alpha value is -1.85. The summed E-state index contributed by atoms with van der Waals surface area (Å²) in [5.41, 5.74) is 0.973. The molecule has 0 aromatic heterocycles. The fourth-order valence-electron chi connectivity index (χ4n) is 3.39. The van der Waals surface area contributed by atoms with Crippen molar-refractivity contribution in [3.63, 3.8) is 0 Å². The van der Waals surface area contributed by atoms with E-state index in [0.717, 1.165) is 31.2 Å². The highest BCUT2D eigenvalue weighted by atomic mass is 35.5. The number of benzene rings is 1. The van der Waals surface area contributed by atoms with Crippen LogP contribution in [0.15, 0.2) is 36.4 Å². The number of carbonyl (C=O) groups is 2. The molecule has 1 saturated heterocycles. The van der Waals surface area contributed by atoms with Crippen LogP contribution in [0.5, 0.6) is 0 Å². The average Bonchev–Trinajstić information content (AvgIpc) is 2.96. The van der Waals surface area contributed by atoms with Crippen molar-refractivity contribution in [2.45, 2.75) is 63.5 Å². The quantitative estimate of drug-likeness (QED) is 0.442. The lowest BCUT2D eigenvalue weighted by Gasteiger charge is -2.22. The van der Waals surface area contributed by atoms with E-state index >= 15 is 0 Å². The summed E-state index contributed by atoms with van der Waals surface area (Å²) in [5.74, 6) is -0.606. The van der Waals surface area contributed by atoms with Crippen molar-refractivity contribution in [3.05, 3.63) is 47.0 Å². The topological polar surface area (TPSA) is 77.8 Å². The number of carboxylic acids is 1. The van der Waals surface area contributed by atoms with Crippen LogP contribution < -0.4 is 0 Å². The zero-order valence-electron chi connectivity index (χ0n) is 15.5. The molecule has 1 aromatic rings. The minimum atomic E-state index is -0.758. The van der Waals surface area contributed by atoms with Gasteiger partial charge in [-0.1, -0.05) is 48.7 Å². The van der Waals surface area contributed by atoms with E-state index in [-0.39, 0.29) is 18.4 Å². The van der Waals surface area contributed by atoms with Gasteiger partial charge in [0.1, 0.15) is 0 Å². The highest BCUT2D eigenvalue weighted by molar-refractivity contribution is 6.30. The van der Waals surface area contributed by atoms with E-state index in [4.69, 9.17) is 16.7 Å². The summed E-state index contributed by atoms with van der Waals surface area (Å²) >= 11 is 5.97. The summed E-state index contributed by atoms with van der Waals surface area (Å²) in [6.45, 7) is 0.686. The summed E-state index contributed by atoms with van der Waals surface area (Å²) < 4.78 is 0. The van der Waals surface area contributed by atoms with Crippen LogP contribution >= 0.6 is 11.6 Å². The van der Waals surface area contributed by atoms with Crippen LogP contribution in [-0.2, 0) is 16.0 Å². The molecular weight excluding hydrogens is 366 g/mol. The Morgan fingerprint density at radius 3 is 2.81 bits per heavy atom. The molecule has 2 atom stereocenters. The highest BCUT2D eigenvalue weighted by Gasteiger charge is 2.28. The van der Waals surface area contributed by atoms with Gasteiger partial charge in [0, 0.05) is 30.8 Å². The summed E-state index contributed by atoms with van der Waals surface area (Å²) in [6, 6.07) is 7.47. The van der Waals surface area contributed by atoms with E-state index in [1.165, 1.54) is 0 Å². The number of unbranched alkanes of at least 4 members (excludes halogenated alkanes) is 3. The van der Waals surface area contributed by atoms with Crippen molar-refractivity contribution in [3.8, 4) is 0 Å². The molecule has 148 valence electrons. The Labute approximate surface area is 165 Å². The number of hydrogen-bond acceptors (Lipinski definition) is 3. The number of rotatable bonds is 11. The van der Waals surface area contributed by atoms with Crippen LogP contribution in [0.2, 0.25) is 5.02 Å². The monoisotopic (exact) mass is 393 g/mol. The van der Waals surface area contributed by atoms with Gasteiger partial charge in [-0.2, -0.15) is 0 Å². The summed E-state index contributed by atoms with van der Waals surface area (Å²) in [4.78, 5) is 24.5. The van der Waals surface area contributed by atoms with Gasteiger partial charge in [-0.25, -0.2) is 0 Å². The molecule has 6 heteroatoms. The van der Waals surface area contributed by atoms with Crippen molar-refractivity contribution >= 4 is 23.5 Å². The number of aliphatic hydroxyl groups excluding tert-OH is 1. The van der Waals surface area contributed by atoms with Crippen molar-refractivity contribution < 1.29 is 19.8 Å². The first kappa shape index (κ1) is 21.5. The van der Waals surface area contributed by atoms with Crippen LogP contribution in [-0.4, -0.2) is 45.7 Å². The Morgan fingerprint density at radius 1 is 1.30 bits per heavy atom. The third-order valence-electron chi connectivity index (χ3n) is 4.80. The molecule has 0 spiro atoms. The Bertz CT molecular complexity index is 661. The zero-order chi connectivity index (χ0) is 19.6. The van der Waals surface area contributed by atoms with Crippen LogP contribution in [0.4, 0.5) is 0 Å². The van der Waals surface area contributed by atoms with Crippen LogP contribution in [0.25, 0.3) is 0 Å². The normalized spacial score (nSPS) is 18.4. The SMILES string of the molecule is O=C(O)CCCCCCN1C(=O)CC[C@@H]1C=CC(O)Cc1cccc(Cl)c1. The first-order valence-corrected chi connectivity index (χ1v) is 9.95. The summed E-state index contributed by atoms with van der Waals surface area (Å²) in [6.07, 6.45) is 8.45. The van der Waals surface area contributed by atoms with Gasteiger partial charge >= 0.3 is 5.97 Å². The minimum Gasteiger partial charge on any atom is -0.481 e. The predicted octanol–water partition coefficient (Wildman–Crippen LogP) is 3.83. The van der Waals surface area contributed by atoms with Gasteiger partial charge in [0.25, 0.3) is 0 Å². The van der Waals surface area contributed by atoms with Crippen molar-refractivity contribution in [2.75, 3.05) is 6.54 Å². The lowest BCUT2D eigenvalue weighted by Crippen LogP contribution is -2.32. The molecule has 1 aliphatic rings. The molecule has 5 nitrogen and oxygen atoms in total. The Morgan fingerprint density at radius 2 is 2.07 bits per heavy atom. The van der Waals surface area contributed by atoms with Crippen molar-refractivity contribution in [1.29, 1.82) is 0 Å². The number of halogens is 1. The first-order valence-electron chi connectivity index (χ1n) is 9.58. The second kappa shape index (κ2) is 11.1. The maximum Gasteiger partial charge on any atom is 0.303 e. The number of nitrogens with zero attached hydrogens (tertiary/aromatic N) is 1. The molecule has 1 unspecified atom stereocenters. The number of likely N-dealkylation sites (tertiary alicyclic amines) is 1. The van der Waals surface area contributed by atoms with Gasteiger partial charge in [0.15, 0.2) is 0 Å². The third-order valence-corrected chi connectivity index (χ3v) is 5.04. The fraction of sp³-hybridized carbons (Fsp3) is 0.524. The van der Waals surface area contributed by atoms with Crippen LogP contribution in [0, 0.1) is 0 Å². The van der Waals surface area contributed by atoms with E-state index < -0.39 is 12.1 Å². The second-order valence-corrected chi connectivity index (χ2v) is 7.47. The minimum absolute atomic E-state index is 0.0329. The predicted molar refractivity (Wildman–Crippen MR) is 106 cm³/mol. The van der Waals surface area contributed by atoms with E-state index in [1.54, 1.807) is 12.1 Å². The number of carboxylic acid groups (broad SMARTS) is 1. The smallest absolute Gasteiger partial charge is 0.303 e. The third kappa shape index (κ3) is 7.73. The molecule has 1 aromatic carbocycles. The van der Waals surface area contributed by atoms with E-state index in [0.29, 0.717) is 30.8 Å². The number of amides is 1. The molecule has 0 aliphatic carbocycles. The summed E-state index contributed by atoms with van der Waals surface area (Å²) in [5, 5.41) is 19.5. The molecule has 1 amide bonds. The van der Waals surface area contributed by atoms with Crippen molar-refractivity contribution in [2.24, 2.45) is 0 Å². The summed E-state index contributed by atoms with van der Waals surface area (Å²) in [7, 11) is 0. The number of carbonyl (C=O) groups excluding carboxylic acids is 1. The Kier molecular flexibility index (Phi) is 8.82. The fourth-order valence-corrected chi connectivity index (χ4v) is 3.60. The molecule has 0 bridgehead atoms. The van der Waals surface area contributed by atoms with Gasteiger partial charge < -0.3 is 15.1 Å². The maximum atomic E-state index is 12.1. The lowest BCUT2D eigenvalue weighted by atomic mass is 10.1. The van der Waals surface area contributed by atoms with E-state index in [9.17, 15) is 14.7 Å². The van der Waals surface area contributed by atoms with Gasteiger partial charge in [-0.3, -0.25) is 9.59 Å². The first-order chi connectivity index (χ1) is 13.0. The van der Waals surface area contributed by atoms with Gasteiger partial charge in [0.2, 0.25) is 5.91 Å². The largest absolute Gasteiger partial charge is 0.481 e. The average molecular weight is 394 g/mol. The molecule has 1 fully saturated rings. The molecule has 1 aliphatic heterocycles. The van der Waals surface area contributed by atoms with E-state index in [1.807, 2.05) is 29.2 Å². The lowest BCUT2D eigenvalue weighted by molar-refractivity contribution is -0.137. The molecule has 0 radical (unpaired) electrons. The molecule has 27 heavy (non-hydrogen) atoms. The molecular formula is C21H28ClNO4. The van der Waals surface area contributed by atoms with Gasteiger partial charge in [0.05, 0.1) is 12.1 Å². The van der Waals surface area contributed by atoms with Crippen molar-refractivity contribution in [1.82, 2.24) is 4.90 Å².